The lowest BCUT2D eigenvalue weighted by Crippen LogP contribution is -2.24. The van der Waals surface area contributed by atoms with Gasteiger partial charge in [-0.05, 0) is 42.5 Å². The molecule has 1 N–H and O–H groups in total. The van der Waals surface area contributed by atoms with Crippen LogP contribution in [0, 0.1) is 5.82 Å². The van der Waals surface area contributed by atoms with Crippen molar-refractivity contribution < 1.29 is 4.39 Å². The normalized spacial score (nSPS) is 14.2. The van der Waals surface area contributed by atoms with Crippen LogP contribution in [0.3, 0.4) is 0 Å². The SMILES string of the molecule is CCCC(NC(C)c1ccc(F)c(Cl)c1)c1cccs1. The van der Waals surface area contributed by atoms with Gasteiger partial charge < -0.3 is 5.32 Å². The molecule has 2 atom stereocenters. The van der Waals surface area contributed by atoms with E-state index in [1.54, 1.807) is 23.5 Å². The molecule has 2 aromatic rings. The van der Waals surface area contributed by atoms with Gasteiger partial charge in [-0.15, -0.1) is 11.3 Å². The Morgan fingerprint density at radius 3 is 2.75 bits per heavy atom. The van der Waals surface area contributed by atoms with E-state index in [-0.39, 0.29) is 16.9 Å². The van der Waals surface area contributed by atoms with Crippen molar-refractivity contribution in [3.05, 3.63) is 57.0 Å². The Hall–Kier alpha value is -0.900. The van der Waals surface area contributed by atoms with Crippen molar-refractivity contribution >= 4 is 22.9 Å². The summed E-state index contributed by atoms with van der Waals surface area (Å²) in [5, 5.41) is 5.89. The van der Waals surface area contributed by atoms with Crippen LogP contribution in [0.2, 0.25) is 5.02 Å². The first-order valence-corrected chi connectivity index (χ1v) is 8.12. The lowest BCUT2D eigenvalue weighted by atomic mass is 10.0. The Balaban J connectivity index is 2.11. The van der Waals surface area contributed by atoms with Gasteiger partial charge >= 0.3 is 0 Å². The van der Waals surface area contributed by atoms with Crippen molar-refractivity contribution in [1.82, 2.24) is 5.32 Å². The summed E-state index contributed by atoms with van der Waals surface area (Å²) in [6.07, 6.45) is 2.20. The molecule has 2 rings (SSSR count). The molecule has 1 heterocycles. The van der Waals surface area contributed by atoms with Crippen molar-refractivity contribution in [1.29, 1.82) is 0 Å². The minimum absolute atomic E-state index is 0.131. The van der Waals surface area contributed by atoms with Crippen LogP contribution in [0.25, 0.3) is 0 Å². The first-order valence-electron chi connectivity index (χ1n) is 6.86. The Bertz CT molecular complexity index is 541. The number of halogens is 2. The van der Waals surface area contributed by atoms with E-state index in [4.69, 9.17) is 11.6 Å². The topological polar surface area (TPSA) is 12.0 Å². The summed E-state index contributed by atoms with van der Waals surface area (Å²) in [7, 11) is 0. The Morgan fingerprint density at radius 1 is 1.35 bits per heavy atom. The van der Waals surface area contributed by atoms with Crippen molar-refractivity contribution in [3.8, 4) is 0 Å². The van der Waals surface area contributed by atoms with Crippen LogP contribution < -0.4 is 5.32 Å². The molecule has 0 aliphatic rings. The molecule has 1 nitrogen and oxygen atoms in total. The fourth-order valence-electron chi connectivity index (χ4n) is 2.27. The average Bonchev–Trinajstić information content (AvgIpc) is 2.95. The lowest BCUT2D eigenvalue weighted by Gasteiger charge is -2.23. The van der Waals surface area contributed by atoms with Crippen molar-refractivity contribution in [2.45, 2.75) is 38.8 Å². The highest BCUT2D eigenvalue weighted by Gasteiger charge is 2.16. The van der Waals surface area contributed by atoms with Gasteiger partial charge in [-0.1, -0.05) is 37.1 Å². The highest BCUT2D eigenvalue weighted by Crippen LogP contribution is 2.28. The monoisotopic (exact) mass is 311 g/mol. The number of hydrogen-bond acceptors (Lipinski definition) is 2. The van der Waals surface area contributed by atoms with Crippen molar-refractivity contribution in [2.24, 2.45) is 0 Å². The van der Waals surface area contributed by atoms with Crippen LogP contribution in [0.5, 0.6) is 0 Å². The molecule has 0 amide bonds. The Kier molecular flexibility index (Phi) is 5.58. The van der Waals surface area contributed by atoms with E-state index in [1.807, 2.05) is 0 Å². The minimum Gasteiger partial charge on any atom is -0.303 e. The Labute approximate surface area is 128 Å². The van der Waals surface area contributed by atoms with Crippen LogP contribution in [0.1, 0.15) is 49.2 Å². The second kappa shape index (κ2) is 7.21. The van der Waals surface area contributed by atoms with E-state index >= 15 is 0 Å². The molecule has 108 valence electrons. The molecule has 4 heteroatoms. The molecule has 0 radical (unpaired) electrons. The molecule has 0 aliphatic carbocycles. The molecule has 2 unspecified atom stereocenters. The van der Waals surface area contributed by atoms with Crippen molar-refractivity contribution in [2.75, 3.05) is 0 Å². The molecule has 1 aromatic heterocycles. The van der Waals surface area contributed by atoms with Gasteiger partial charge in [0.1, 0.15) is 5.82 Å². The standard InChI is InChI=1S/C16H19ClFNS/c1-3-5-15(16-6-4-9-20-16)19-11(2)12-7-8-14(18)13(17)10-12/h4,6-11,15,19H,3,5H2,1-2H3. The maximum Gasteiger partial charge on any atom is 0.141 e. The third-order valence-electron chi connectivity index (χ3n) is 3.36. The third kappa shape index (κ3) is 3.81. The molecule has 0 fully saturated rings. The summed E-state index contributed by atoms with van der Waals surface area (Å²) in [6.45, 7) is 4.27. The quantitative estimate of drug-likeness (QED) is 0.718. The van der Waals surface area contributed by atoms with Gasteiger partial charge in [-0.2, -0.15) is 0 Å². The molecule has 0 saturated heterocycles. The van der Waals surface area contributed by atoms with E-state index in [9.17, 15) is 4.39 Å². The summed E-state index contributed by atoms with van der Waals surface area (Å²) in [5.74, 6) is -0.369. The molecular formula is C16H19ClFNS. The maximum absolute atomic E-state index is 13.2. The summed E-state index contributed by atoms with van der Waals surface area (Å²) < 4.78 is 13.2. The van der Waals surface area contributed by atoms with Crippen LogP contribution in [0.4, 0.5) is 4.39 Å². The molecule has 0 saturated carbocycles. The summed E-state index contributed by atoms with van der Waals surface area (Å²) in [5.41, 5.74) is 1.01. The van der Waals surface area contributed by atoms with Gasteiger partial charge in [-0.25, -0.2) is 4.39 Å². The second-order valence-electron chi connectivity index (χ2n) is 4.92. The molecule has 0 spiro atoms. The van der Waals surface area contributed by atoms with Gasteiger partial charge in [0.05, 0.1) is 5.02 Å². The molecule has 20 heavy (non-hydrogen) atoms. The van der Waals surface area contributed by atoms with E-state index in [2.05, 4.69) is 36.7 Å². The first kappa shape index (κ1) is 15.5. The fraction of sp³-hybridized carbons (Fsp3) is 0.375. The third-order valence-corrected chi connectivity index (χ3v) is 4.63. The zero-order valence-corrected chi connectivity index (χ0v) is 13.3. The molecular weight excluding hydrogens is 293 g/mol. The van der Waals surface area contributed by atoms with Crippen LogP contribution in [0.15, 0.2) is 35.7 Å². The van der Waals surface area contributed by atoms with Crippen molar-refractivity contribution in [3.63, 3.8) is 0 Å². The molecule has 1 aromatic carbocycles. The number of nitrogens with one attached hydrogen (secondary N) is 1. The summed E-state index contributed by atoms with van der Waals surface area (Å²) in [4.78, 5) is 1.34. The molecule has 0 bridgehead atoms. The average molecular weight is 312 g/mol. The van der Waals surface area contributed by atoms with E-state index < -0.39 is 0 Å². The van der Waals surface area contributed by atoms with Gasteiger partial charge in [0.25, 0.3) is 0 Å². The van der Waals surface area contributed by atoms with E-state index in [1.165, 1.54) is 10.9 Å². The number of rotatable bonds is 6. The maximum atomic E-state index is 13.2. The number of hydrogen-bond donors (Lipinski definition) is 1. The minimum atomic E-state index is -0.369. The van der Waals surface area contributed by atoms with Gasteiger partial charge in [0.2, 0.25) is 0 Å². The smallest absolute Gasteiger partial charge is 0.141 e. The van der Waals surface area contributed by atoms with Gasteiger partial charge in [-0.3, -0.25) is 0 Å². The predicted molar refractivity (Wildman–Crippen MR) is 84.9 cm³/mol. The van der Waals surface area contributed by atoms with Gasteiger partial charge in [0.15, 0.2) is 0 Å². The lowest BCUT2D eigenvalue weighted by molar-refractivity contribution is 0.444. The zero-order chi connectivity index (χ0) is 14.5. The largest absolute Gasteiger partial charge is 0.303 e. The highest BCUT2D eigenvalue weighted by molar-refractivity contribution is 7.10. The molecule has 0 aliphatic heterocycles. The highest BCUT2D eigenvalue weighted by atomic mass is 35.5. The summed E-state index contributed by atoms with van der Waals surface area (Å²) in [6, 6.07) is 9.61. The van der Waals surface area contributed by atoms with Crippen LogP contribution in [-0.4, -0.2) is 0 Å². The van der Waals surface area contributed by atoms with Gasteiger partial charge in [0, 0.05) is 17.0 Å². The Morgan fingerprint density at radius 2 is 2.15 bits per heavy atom. The predicted octanol–water partition coefficient (Wildman–Crippen LogP) is 5.73. The second-order valence-corrected chi connectivity index (χ2v) is 6.31. The van der Waals surface area contributed by atoms with Crippen LogP contribution in [-0.2, 0) is 0 Å². The fourth-order valence-corrected chi connectivity index (χ4v) is 3.28. The van der Waals surface area contributed by atoms with E-state index in [0.717, 1.165) is 18.4 Å². The first-order chi connectivity index (χ1) is 9.61. The summed E-state index contributed by atoms with van der Waals surface area (Å²) >= 11 is 7.62. The number of benzene rings is 1. The van der Waals surface area contributed by atoms with E-state index in [0.29, 0.717) is 6.04 Å². The number of thiophene rings is 1. The zero-order valence-electron chi connectivity index (χ0n) is 11.7. The van der Waals surface area contributed by atoms with Crippen LogP contribution >= 0.6 is 22.9 Å².